The van der Waals surface area contributed by atoms with Gasteiger partial charge in [0.15, 0.2) is 0 Å². The molecule has 1 aliphatic rings. The normalized spacial score (nSPS) is 12.5. The summed E-state index contributed by atoms with van der Waals surface area (Å²) in [5.74, 6) is -0.952. The third-order valence-corrected chi connectivity index (χ3v) is 3.96. The van der Waals surface area contributed by atoms with Crippen molar-refractivity contribution in [3.63, 3.8) is 0 Å². The Kier molecular flexibility index (Phi) is 2.87. The fourth-order valence-corrected chi connectivity index (χ4v) is 2.95. The number of anilines is 1. The lowest BCUT2D eigenvalue weighted by Crippen LogP contribution is -2.29. The molecular formula is C16H12N4O3. The minimum Gasteiger partial charge on any atom is -0.506 e. The van der Waals surface area contributed by atoms with Crippen LogP contribution in [-0.2, 0) is 13.0 Å². The zero-order valence-electron chi connectivity index (χ0n) is 12.0. The highest BCUT2D eigenvalue weighted by Gasteiger charge is 2.26. The van der Waals surface area contributed by atoms with E-state index in [2.05, 4.69) is 15.3 Å². The van der Waals surface area contributed by atoms with Gasteiger partial charge in [-0.1, -0.05) is 12.1 Å². The summed E-state index contributed by atoms with van der Waals surface area (Å²) in [5.41, 5.74) is 0.896. The van der Waals surface area contributed by atoms with Crippen LogP contribution in [0.3, 0.4) is 0 Å². The molecule has 1 aromatic carbocycles. The lowest BCUT2D eigenvalue weighted by molar-refractivity contribution is 0.102. The molecule has 114 valence electrons. The molecule has 0 bridgehead atoms. The molecule has 2 aromatic heterocycles. The number of hydrogen-bond donors (Lipinski definition) is 2. The largest absolute Gasteiger partial charge is 0.506 e. The lowest BCUT2D eigenvalue weighted by atomic mass is 10.1. The number of amides is 1. The van der Waals surface area contributed by atoms with Gasteiger partial charge in [0.2, 0.25) is 5.95 Å². The Bertz CT molecular complexity index is 996. The SMILES string of the molecule is O=C(Nc1ncccn1)c1c(O)c2cccc3c2n(c1=O)CC3. The van der Waals surface area contributed by atoms with E-state index in [-0.39, 0.29) is 17.3 Å². The van der Waals surface area contributed by atoms with Gasteiger partial charge in [0, 0.05) is 24.3 Å². The van der Waals surface area contributed by atoms with Crippen LogP contribution in [0.2, 0.25) is 0 Å². The number of nitrogens with one attached hydrogen (secondary N) is 1. The highest BCUT2D eigenvalue weighted by atomic mass is 16.3. The summed E-state index contributed by atoms with van der Waals surface area (Å²) in [6.45, 7) is 0.497. The average Bonchev–Trinajstić information content (AvgIpc) is 2.99. The molecule has 0 aliphatic carbocycles. The second-order valence-corrected chi connectivity index (χ2v) is 5.27. The molecular weight excluding hydrogens is 296 g/mol. The number of hydrogen-bond acceptors (Lipinski definition) is 5. The third kappa shape index (κ3) is 1.97. The molecule has 2 N–H and O–H groups in total. The van der Waals surface area contributed by atoms with Gasteiger partial charge >= 0.3 is 0 Å². The number of carbonyl (C=O) groups is 1. The number of benzene rings is 1. The number of aromatic nitrogens is 3. The number of aromatic hydroxyl groups is 1. The first-order valence-electron chi connectivity index (χ1n) is 7.12. The standard InChI is InChI=1S/C16H12N4O3/c21-13-10-4-1-3-9-5-8-20(12(9)10)15(23)11(13)14(22)19-16-17-6-2-7-18-16/h1-4,6-7,21H,5,8H2,(H,17,18,19,22). The van der Waals surface area contributed by atoms with Crippen molar-refractivity contribution in [2.75, 3.05) is 5.32 Å². The van der Waals surface area contributed by atoms with Gasteiger partial charge in [0.25, 0.3) is 11.5 Å². The van der Waals surface area contributed by atoms with Crippen molar-refractivity contribution >= 4 is 22.8 Å². The Morgan fingerprint density at radius 1 is 1.22 bits per heavy atom. The van der Waals surface area contributed by atoms with Crippen molar-refractivity contribution in [1.29, 1.82) is 0 Å². The van der Waals surface area contributed by atoms with Crippen molar-refractivity contribution in [1.82, 2.24) is 14.5 Å². The summed E-state index contributed by atoms with van der Waals surface area (Å²) in [4.78, 5) is 32.8. The Balaban J connectivity index is 1.89. The van der Waals surface area contributed by atoms with E-state index in [4.69, 9.17) is 0 Å². The molecule has 3 aromatic rings. The van der Waals surface area contributed by atoms with Crippen LogP contribution < -0.4 is 10.9 Å². The first-order chi connectivity index (χ1) is 11.2. The zero-order valence-corrected chi connectivity index (χ0v) is 12.0. The monoisotopic (exact) mass is 308 g/mol. The molecule has 0 radical (unpaired) electrons. The van der Waals surface area contributed by atoms with Gasteiger partial charge in [0.1, 0.15) is 11.3 Å². The molecule has 3 heterocycles. The molecule has 0 spiro atoms. The van der Waals surface area contributed by atoms with Gasteiger partial charge in [-0.25, -0.2) is 9.97 Å². The van der Waals surface area contributed by atoms with Crippen molar-refractivity contribution in [3.8, 4) is 5.75 Å². The maximum absolute atomic E-state index is 12.6. The molecule has 0 unspecified atom stereocenters. The fraction of sp³-hybridized carbons (Fsp3) is 0.125. The van der Waals surface area contributed by atoms with Gasteiger partial charge in [-0.15, -0.1) is 0 Å². The molecule has 1 amide bonds. The van der Waals surface area contributed by atoms with Gasteiger partial charge in [0.05, 0.1) is 5.52 Å². The van der Waals surface area contributed by atoms with E-state index < -0.39 is 11.5 Å². The first kappa shape index (κ1) is 13.4. The molecule has 0 atom stereocenters. The van der Waals surface area contributed by atoms with Crippen molar-refractivity contribution in [3.05, 3.63) is 58.1 Å². The van der Waals surface area contributed by atoms with Crippen LogP contribution in [0.5, 0.6) is 5.75 Å². The second kappa shape index (κ2) is 4.91. The number of nitrogens with zero attached hydrogens (tertiary/aromatic N) is 3. The van der Waals surface area contributed by atoms with Crippen LogP contribution in [-0.4, -0.2) is 25.5 Å². The highest BCUT2D eigenvalue weighted by Crippen LogP contribution is 2.32. The molecule has 7 nitrogen and oxygen atoms in total. The molecule has 0 saturated heterocycles. The molecule has 4 rings (SSSR count). The van der Waals surface area contributed by atoms with E-state index in [1.165, 1.54) is 17.0 Å². The summed E-state index contributed by atoms with van der Waals surface area (Å²) in [5, 5.41) is 13.4. The Hall–Kier alpha value is -3.22. The van der Waals surface area contributed by atoms with E-state index in [1.54, 1.807) is 18.2 Å². The average molecular weight is 308 g/mol. The molecule has 7 heteroatoms. The summed E-state index contributed by atoms with van der Waals surface area (Å²) in [6.07, 6.45) is 3.65. The second-order valence-electron chi connectivity index (χ2n) is 5.27. The smallest absolute Gasteiger partial charge is 0.267 e. The van der Waals surface area contributed by atoms with Gasteiger partial charge in [-0.3, -0.25) is 14.9 Å². The van der Waals surface area contributed by atoms with Crippen molar-refractivity contribution in [2.24, 2.45) is 0 Å². The van der Waals surface area contributed by atoms with Crippen LogP contribution in [0, 0.1) is 0 Å². The van der Waals surface area contributed by atoms with E-state index in [9.17, 15) is 14.7 Å². The fourth-order valence-electron chi connectivity index (χ4n) is 2.95. The van der Waals surface area contributed by atoms with Crippen LogP contribution in [0.25, 0.3) is 10.9 Å². The predicted octanol–water partition coefficient (Wildman–Crippen LogP) is 1.31. The summed E-state index contributed by atoms with van der Waals surface area (Å²) < 4.78 is 1.53. The van der Waals surface area contributed by atoms with Crippen molar-refractivity contribution < 1.29 is 9.90 Å². The maximum atomic E-state index is 12.6. The Morgan fingerprint density at radius 2 is 2.00 bits per heavy atom. The summed E-state index contributed by atoms with van der Waals surface area (Å²) in [6, 6.07) is 7.03. The Labute approximate surface area is 130 Å². The zero-order chi connectivity index (χ0) is 16.0. The molecule has 1 aliphatic heterocycles. The molecule has 23 heavy (non-hydrogen) atoms. The number of para-hydroxylation sites is 1. The quantitative estimate of drug-likeness (QED) is 0.744. The number of pyridine rings is 1. The van der Waals surface area contributed by atoms with Gasteiger partial charge < -0.3 is 9.67 Å². The highest BCUT2D eigenvalue weighted by molar-refractivity contribution is 6.08. The minimum atomic E-state index is -0.721. The minimum absolute atomic E-state index is 0.0755. The summed E-state index contributed by atoms with van der Waals surface area (Å²) in [7, 11) is 0. The maximum Gasteiger partial charge on any atom is 0.267 e. The molecule has 0 saturated carbocycles. The number of aryl methyl sites for hydroxylation is 2. The number of carbonyl (C=O) groups excluding carboxylic acids is 1. The van der Waals surface area contributed by atoms with Gasteiger partial charge in [-0.05, 0) is 24.1 Å². The van der Waals surface area contributed by atoms with E-state index in [0.29, 0.717) is 23.9 Å². The molecule has 0 fully saturated rings. The van der Waals surface area contributed by atoms with E-state index >= 15 is 0 Å². The van der Waals surface area contributed by atoms with Crippen LogP contribution in [0.15, 0.2) is 41.5 Å². The van der Waals surface area contributed by atoms with Crippen LogP contribution >= 0.6 is 0 Å². The topological polar surface area (TPSA) is 97.1 Å². The first-order valence-corrected chi connectivity index (χ1v) is 7.12. The van der Waals surface area contributed by atoms with E-state index in [0.717, 1.165) is 5.56 Å². The van der Waals surface area contributed by atoms with Crippen LogP contribution in [0.1, 0.15) is 15.9 Å². The lowest BCUT2D eigenvalue weighted by Gasteiger charge is -2.11. The van der Waals surface area contributed by atoms with Crippen molar-refractivity contribution in [2.45, 2.75) is 13.0 Å². The summed E-state index contributed by atoms with van der Waals surface area (Å²) >= 11 is 0. The predicted molar refractivity (Wildman–Crippen MR) is 83.6 cm³/mol. The van der Waals surface area contributed by atoms with Gasteiger partial charge in [-0.2, -0.15) is 0 Å². The Morgan fingerprint density at radius 3 is 2.78 bits per heavy atom. The van der Waals surface area contributed by atoms with E-state index in [1.807, 2.05) is 6.07 Å². The van der Waals surface area contributed by atoms with Crippen LogP contribution in [0.4, 0.5) is 5.95 Å². The number of rotatable bonds is 2. The third-order valence-electron chi connectivity index (χ3n) is 3.96.